The number of rotatable bonds is 2. The average molecular weight is 199 g/mol. The minimum Gasteiger partial charge on any atom is -0.468 e. The smallest absolute Gasteiger partial charge is 0.175 e. The van der Waals surface area contributed by atoms with Crippen LogP contribution in [0.25, 0.3) is 0 Å². The van der Waals surface area contributed by atoms with Crippen molar-refractivity contribution in [2.45, 2.75) is 25.0 Å². The summed E-state index contributed by atoms with van der Waals surface area (Å²) in [6.45, 7) is 1.95. The Morgan fingerprint density at radius 2 is 2.00 bits per heavy atom. The highest BCUT2D eigenvalue weighted by Crippen LogP contribution is 2.37. The van der Waals surface area contributed by atoms with Gasteiger partial charge in [-0.1, -0.05) is 6.07 Å². The Balaban J connectivity index is 2.23. The average Bonchev–Trinajstić information content (AvgIpc) is 2.36. The van der Waals surface area contributed by atoms with Crippen LogP contribution in [0.2, 0.25) is 0 Å². The second-order valence-corrected chi connectivity index (χ2v) is 3.89. The third-order valence-corrected chi connectivity index (χ3v) is 2.10. The molecule has 1 heterocycles. The van der Waals surface area contributed by atoms with Crippen molar-refractivity contribution in [3.8, 4) is 11.5 Å². The minimum atomic E-state index is -1.55. The van der Waals surface area contributed by atoms with Gasteiger partial charge in [0.15, 0.2) is 32.8 Å². The van der Waals surface area contributed by atoms with Crippen molar-refractivity contribution >= 4 is 15.7 Å². The van der Waals surface area contributed by atoms with E-state index in [-0.39, 0.29) is 6.04 Å². The maximum Gasteiger partial charge on any atom is 0.175 e. The maximum absolute atomic E-state index is 5.70. The molecule has 5 heteroatoms. The van der Waals surface area contributed by atoms with Gasteiger partial charge >= 0.3 is 0 Å². The molecule has 0 spiro atoms. The molecule has 0 aliphatic carbocycles. The fourth-order valence-electron chi connectivity index (χ4n) is 1.58. The van der Waals surface area contributed by atoms with Crippen LogP contribution >= 0.6 is 0 Å². The van der Waals surface area contributed by atoms with Gasteiger partial charge in [-0.25, -0.2) is 0 Å². The van der Waals surface area contributed by atoms with E-state index in [2.05, 4.69) is 0 Å². The van der Waals surface area contributed by atoms with Gasteiger partial charge in [0.05, 0.1) is 0 Å². The zero-order chi connectivity index (χ0) is 11.1. The lowest BCUT2D eigenvalue weighted by Crippen LogP contribution is -2.39. The van der Waals surface area contributed by atoms with E-state index in [0.29, 0.717) is 11.5 Å². The molecule has 1 unspecified atom stereocenters. The molecular weight excluding hydrogens is 188 g/mol. The minimum absolute atomic E-state index is 0.103. The normalized spacial score (nSPS) is 18.8. The first kappa shape index (κ1) is 10.4. The number of ether oxygens (including phenoxy) is 2. The molecule has 1 aromatic carbocycles. The molecule has 1 aromatic rings. The number of hydrogen-bond acceptors (Lipinski definition) is 3. The van der Waals surface area contributed by atoms with Gasteiger partial charge in [0, 0.05) is 6.04 Å². The van der Waals surface area contributed by atoms with Gasteiger partial charge in [0.25, 0.3) is 0 Å². The fraction of sp³-hybridized carbons (Fsp3) is 0.400. The summed E-state index contributed by atoms with van der Waals surface area (Å²) in [5.74, 6) is 1.13. The van der Waals surface area contributed by atoms with Crippen LogP contribution in [-0.2, 0) is 6.42 Å². The van der Waals surface area contributed by atoms with Gasteiger partial charge in [-0.05, 0) is 31.0 Å². The molecule has 0 saturated heterocycles. The van der Waals surface area contributed by atoms with Gasteiger partial charge in [-0.2, -0.15) is 0 Å². The summed E-state index contributed by atoms with van der Waals surface area (Å²) >= 11 is 0. The first-order valence-corrected chi connectivity index (χ1v) is 4.80. The molecule has 1 atom stereocenters. The van der Waals surface area contributed by atoms with Crippen molar-refractivity contribution < 1.29 is 9.47 Å². The van der Waals surface area contributed by atoms with Gasteiger partial charge < -0.3 is 15.2 Å². The van der Waals surface area contributed by atoms with Crippen molar-refractivity contribution in [1.29, 1.82) is 0 Å². The van der Waals surface area contributed by atoms with E-state index in [1.54, 1.807) is 6.07 Å². The van der Waals surface area contributed by atoms with Gasteiger partial charge in [0.1, 0.15) is 0 Å². The molecule has 3 nitrogen and oxygen atoms in total. The molecule has 15 heavy (non-hydrogen) atoms. The van der Waals surface area contributed by atoms with Crippen LogP contribution in [0.15, 0.2) is 18.2 Å². The van der Waals surface area contributed by atoms with E-state index in [0.717, 1.165) is 12.0 Å². The summed E-state index contributed by atoms with van der Waals surface area (Å²) in [6.07, 6.45) is 0.777. The Kier molecular flexibility index (Phi) is 2.43. The van der Waals surface area contributed by atoms with E-state index in [1.165, 1.54) is 0 Å². The zero-order valence-electron chi connectivity index (χ0n) is 8.57. The lowest BCUT2D eigenvalue weighted by atomic mass is 9.76. The van der Waals surface area contributed by atoms with Gasteiger partial charge in [-0.15, -0.1) is 0 Å². The van der Waals surface area contributed by atoms with Crippen LogP contribution in [0.1, 0.15) is 12.5 Å². The van der Waals surface area contributed by atoms with E-state index < -0.39 is 5.59 Å². The lowest BCUT2D eigenvalue weighted by Gasteiger charge is -2.18. The Morgan fingerprint density at radius 3 is 2.67 bits per heavy atom. The number of benzene rings is 1. The molecule has 2 N–H and O–H groups in total. The molecule has 1 aliphatic rings. The summed E-state index contributed by atoms with van der Waals surface area (Å²) < 4.78 is 10.4. The van der Waals surface area contributed by atoms with Crippen LogP contribution in [0.4, 0.5) is 0 Å². The predicted octanol–water partition coefficient (Wildman–Crippen LogP) is 0.296. The van der Waals surface area contributed by atoms with Crippen LogP contribution in [-0.4, -0.2) is 27.3 Å². The molecule has 0 bridgehead atoms. The van der Waals surface area contributed by atoms with Crippen molar-refractivity contribution in [3.63, 3.8) is 0 Å². The predicted molar refractivity (Wildman–Crippen MR) is 59.3 cm³/mol. The summed E-state index contributed by atoms with van der Waals surface area (Å²) in [5.41, 5.74) is 5.23. The van der Waals surface area contributed by atoms with E-state index >= 15 is 0 Å². The Morgan fingerprint density at radius 1 is 1.33 bits per heavy atom. The molecule has 0 saturated carbocycles. The Labute approximate surface area is 91.8 Å². The van der Waals surface area contributed by atoms with Crippen molar-refractivity contribution in [1.82, 2.24) is 0 Å². The molecule has 4 radical (unpaired) electrons. The first-order chi connectivity index (χ1) is 6.96. The molecule has 2 rings (SSSR count). The topological polar surface area (TPSA) is 44.5 Å². The summed E-state index contributed by atoms with van der Waals surface area (Å²) in [4.78, 5) is 0. The SMILES string of the molecule is [B]C1([B])Oc2ccc(CC(C)N)cc2O1. The lowest BCUT2D eigenvalue weighted by molar-refractivity contribution is 0.0833. The number of hydrogen-bond donors (Lipinski definition) is 1. The van der Waals surface area contributed by atoms with Crippen molar-refractivity contribution in [2.75, 3.05) is 0 Å². The third kappa shape index (κ3) is 2.29. The molecule has 0 aromatic heterocycles. The summed E-state index contributed by atoms with van der Waals surface area (Å²) in [7, 11) is 11.0. The van der Waals surface area contributed by atoms with Crippen molar-refractivity contribution in [3.05, 3.63) is 23.8 Å². The molecule has 0 amide bonds. The quantitative estimate of drug-likeness (QED) is 0.696. The van der Waals surface area contributed by atoms with E-state index in [4.69, 9.17) is 30.9 Å². The fourth-order valence-corrected chi connectivity index (χ4v) is 1.58. The first-order valence-electron chi connectivity index (χ1n) is 4.80. The van der Waals surface area contributed by atoms with Crippen LogP contribution in [0, 0.1) is 0 Å². The molecule has 74 valence electrons. The van der Waals surface area contributed by atoms with E-state index in [9.17, 15) is 0 Å². The maximum atomic E-state index is 5.70. The highest BCUT2D eigenvalue weighted by molar-refractivity contribution is 6.38. The number of fused-ring (bicyclic) bond motifs is 1. The monoisotopic (exact) mass is 199 g/mol. The third-order valence-electron chi connectivity index (χ3n) is 2.10. The molecule has 1 aliphatic heterocycles. The summed E-state index contributed by atoms with van der Waals surface area (Å²) in [6, 6.07) is 5.66. The largest absolute Gasteiger partial charge is 0.468 e. The van der Waals surface area contributed by atoms with Crippen LogP contribution in [0.3, 0.4) is 0 Å². The number of nitrogens with two attached hydrogens (primary N) is 1. The standard InChI is InChI=1S/C10H11B2NO2/c1-6(13)4-7-2-3-8-9(5-7)15-10(11,12)14-8/h2-3,5-6H,4,13H2,1H3. The summed E-state index contributed by atoms with van der Waals surface area (Å²) in [5, 5.41) is 0. The molecular formula is C10H11B2NO2. The van der Waals surface area contributed by atoms with Crippen molar-refractivity contribution in [2.24, 2.45) is 5.73 Å². The van der Waals surface area contributed by atoms with Crippen LogP contribution < -0.4 is 15.2 Å². The van der Waals surface area contributed by atoms with E-state index in [1.807, 2.05) is 19.1 Å². The second-order valence-electron chi connectivity index (χ2n) is 3.89. The van der Waals surface area contributed by atoms with Crippen LogP contribution in [0.5, 0.6) is 11.5 Å². The zero-order valence-corrected chi connectivity index (χ0v) is 8.57. The highest BCUT2D eigenvalue weighted by Gasteiger charge is 2.30. The Hall–Kier alpha value is -1.09. The van der Waals surface area contributed by atoms with Gasteiger partial charge in [-0.3, -0.25) is 0 Å². The Bertz CT molecular complexity index is 380. The van der Waals surface area contributed by atoms with Gasteiger partial charge in [0.2, 0.25) is 0 Å². The second kappa shape index (κ2) is 3.49. The molecule has 0 fully saturated rings. The highest BCUT2D eigenvalue weighted by atomic mass is 16.7.